The zero-order valence-corrected chi connectivity index (χ0v) is 14.0. The first-order chi connectivity index (χ1) is 10.2. The molecule has 0 fully saturated rings. The maximum absolute atomic E-state index is 5.45. The molecule has 0 saturated carbocycles. The SMILES string of the molecule is COc1cc2c(cc1OC)C(c1ccc(C)cc1)NCC2.Cl. The Hall–Kier alpha value is -1.71. The molecule has 0 spiro atoms. The summed E-state index contributed by atoms with van der Waals surface area (Å²) in [6.07, 6.45) is 1.01. The summed E-state index contributed by atoms with van der Waals surface area (Å²) in [4.78, 5) is 0. The number of methoxy groups -OCH3 is 2. The van der Waals surface area contributed by atoms with Gasteiger partial charge in [-0.25, -0.2) is 0 Å². The van der Waals surface area contributed by atoms with Gasteiger partial charge in [0, 0.05) is 6.54 Å². The average molecular weight is 320 g/mol. The molecule has 1 aliphatic heterocycles. The van der Waals surface area contributed by atoms with Crippen LogP contribution in [0.3, 0.4) is 0 Å². The van der Waals surface area contributed by atoms with Crippen molar-refractivity contribution in [3.8, 4) is 11.5 Å². The molecule has 1 atom stereocenters. The van der Waals surface area contributed by atoms with Gasteiger partial charge in [0.25, 0.3) is 0 Å². The maximum atomic E-state index is 5.45. The molecule has 1 N–H and O–H groups in total. The molecule has 2 aromatic carbocycles. The molecule has 1 aliphatic rings. The van der Waals surface area contributed by atoms with Crippen molar-refractivity contribution >= 4 is 12.4 Å². The van der Waals surface area contributed by atoms with Crippen LogP contribution in [0.2, 0.25) is 0 Å². The Kier molecular flexibility index (Phi) is 5.33. The molecule has 22 heavy (non-hydrogen) atoms. The molecule has 3 nitrogen and oxygen atoms in total. The molecule has 1 unspecified atom stereocenters. The quantitative estimate of drug-likeness (QED) is 0.936. The lowest BCUT2D eigenvalue weighted by molar-refractivity contribution is 0.353. The van der Waals surface area contributed by atoms with Gasteiger partial charge in [-0.3, -0.25) is 0 Å². The standard InChI is InChI=1S/C18H21NO2.ClH/c1-12-4-6-13(7-5-12)18-15-11-17(21-3)16(20-2)10-14(15)8-9-19-18;/h4-7,10-11,18-19H,8-9H2,1-3H3;1H. The monoisotopic (exact) mass is 319 g/mol. The predicted octanol–water partition coefficient (Wildman–Crippen LogP) is 3.67. The van der Waals surface area contributed by atoms with E-state index in [1.807, 2.05) is 0 Å². The summed E-state index contributed by atoms with van der Waals surface area (Å²) in [6.45, 7) is 3.08. The summed E-state index contributed by atoms with van der Waals surface area (Å²) in [7, 11) is 3.37. The highest BCUT2D eigenvalue weighted by molar-refractivity contribution is 5.85. The van der Waals surface area contributed by atoms with Crippen molar-refractivity contribution < 1.29 is 9.47 Å². The van der Waals surface area contributed by atoms with E-state index in [0.29, 0.717) is 0 Å². The zero-order chi connectivity index (χ0) is 14.8. The molecular weight excluding hydrogens is 298 g/mol. The lowest BCUT2D eigenvalue weighted by Gasteiger charge is -2.28. The van der Waals surface area contributed by atoms with E-state index in [1.165, 1.54) is 22.3 Å². The number of benzene rings is 2. The summed E-state index contributed by atoms with van der Waals surface area (Å²) in [5, 5.41) is 3.60. The van der Waals surface area contributed by atoms with E-state index in [2.05, 4.69) is 48.6 Å². The molecule has 0 aliphatic carbocycles. The Morgan fingerprint density at radius 1 is 1.00 bits per heavy atom. The van der Waals surface area contributed by atoms with Gasteiger partial charge in [-0.05, 0) is 42.2 Å². The molecule has 0 aromatic heterocycles. The topological polar surface area (TPSA) is 30.5 Å². The minimum absolute atomic E-state index is 0. The molecule has 0 amide bonds. The number of ether oxygens (including phenoxy) is 2. The van der Waals surface area contributed by atoms with E-state index in [-0.39, 0.29) is 18.4 Å². The molecule has 0 bridgehead atoms. The fourth-order valence-electron chi connectivity index (χ4n) is 2.94. The van der Waals surface area contributed by atoms with Crippen LogP contribution >= 0.6 is 12.4 Å². The zero-order valence-electron chi connectivity index (χ0n) is 13.2. The first kappa shape index (κ1) is 16.7. The number of fused-ring (bicyclic) bond motifs is 1. The van der Waals surface area contributed by atoms with Gasteiger partial charge in [0.1, 0.15) is 0 Å². The summed E-state index contributed by atoms with van der Waals surface area (Å²) >= 11 is 0. The van der Waals surface area contributed by atoms with Crippen molar-refractivity contribution in [3.05, 3.63) is 58.7 Å². The van der Waals surface area contributed by atoms with E-state index in [0.717, 1.165) is 24.5 Å². The van der Waals surface area contributed by atoms with E-state index >= 15 is 0 Å². The lowest BCUT2D eigenvalue weighted by atomic mass is 9.89. The van der Waals surface area contributed by atoms with E-state index in [9.17, 15) is 0 Å². The van der Waals surface area contributed by atoms with Gasteiger partial charge in [0.05, 0.1) is 20.3 Å². The number of halogens is 1. The first-order valence-corrected chi connectivity index (χ1v) is 7.27. The highest BCUT2D eigenvalue weighted by Crippen LogP contribution is 2.37. The molecular formula is C18H22ClNO2. The molecule has 3 rings (SSSR count). The third kappa shape index (κ3) is 3.06. The Morgan fingerprint density at radius 2 is 1.64 bits per heavy atom. The Labute approximate surface area is 138 Å². The van der Waals surface area contributed by atoms with Crippen molar-refractivity contribution in [3.63, 3.8) is 0 Å². The lowest BCUT2D eigenvalue weighted by Crippen LogP contribution is -2.30. The van der Waals surface area contributed by atoms with Gasteiger partial charge in [-0.1, -0.05) is 29.8 Å². The van der Waals surface area contributed by atoms with E-state index in [4.69, 9.17) is 9.47 Å². The van der Waals surface area contributed by atoms with E-state index < -0.39 is 0 Å². The summed E-state index contributed by atoms with van der Waals surface area (Å²) in [5.74, 6) is 1.60. The fourth-order valence-corrected chi connectivity index (χ4v) is 2.94. The second kappa shape index (κ2) is 7.03. The van der Waals surface area contributed by atoms with Gasteiger partial charge in [0.2, 0.25) is 0 Å². The summed E-state index contributed by atoms with van der Waals surface area (Å²) < 4.78 is 10.9. The van der Waals surface area contributed by atoms with Crippen LogP contribution in [0.15, 0.2) is 36.4 Å². The van der Waals surface area contributed by atoms with Crippen LogP contribution in [0.5, 0.6) is 11.5 Å². The molecule has 2 aromatic rings. The minimum Gasteiger partial charge on any atom is -0.493 e. The van der Waals surface area contributed by atoms with Gasteiger partial charge in [-0.15, -0.1) is 12.4 Å². The Bertz CT molecular complexity index is 640. The Morgan fingerprint density at radius 3 is 2.27 bits per heavy atom. The molecule has 4 heteroatoms. The Balaban J connectivity index is 0.00000176. The normalized spacial score (nSPS) is 16.4. The highest BCUT2D eigenvalue weighted by atomic mass is 35.5. The highest BCUT2D eigenvalue weighted by Gasteiger charge is 2.23. The first-order valence-electron chi connectivity index (χ1n) is 7.27. The smallest absolute Gasteiger partial charge is 0.161 e. The second-order valence-corrected chi connectivity index (χ2v) is 5.45. The summed E-state index contributed by atoms with van der Waals surface area (Å²) in [6, 6.07) is 13.1. The average Bonchev–Trinajstić information content (AvgIpc) is 2.53. The number of nitrogens with one attached hydrogen (secondary N) is 1. The van der Waals surface area contributed by atoms with E-state index in [1.54, 1.807) is 14.2 Å². The van der Waals surface area contributed by atoms with Crippen LogP contribution in [0, 0.1) is 6.92 Å². The minimum atomic E-state index is 0. The molecule has 118 valence electrons. The van der Waals surface area contributed by atoms with Gasteiger partial charge in [-0.2, -0.15) is 0 Å². The molecule has 0 saturated heterocycles. The van der Waals surface area contributed by atoms with Gasteiger partial charge < -0.3 is 14.8 Å². The second-order valence-electron chi connectivity index (χ2n) is 5.45. The van der Waals surface area contributed by atoms with Crippen LogP contribution in [0.25, 0.3) is 0 Å². The predicted molar refractivity (Wildman–Crippen MR) is 91.5 cm³/mol. The number of rotatable bonds is 3. The van der Waals surface area contributed by atoms with Crippen molar-refractivity contribution in [2.45, 2.75) is 19.4 Å². The van der Waals surface area contributed by atoms with Crippen molar-refractivity contribution in [2.75, 3.05) is 20.8 Å². The van der Waals surface area contributed by atoms with Crippen LogP contribution in [-0.4, -0.2) is 20.8 Å². The van der Waals surface area contributed by atoms with Crippen molar-refractivity contribution in [2.24, 2.45) is 0 Å². The molecule has 1 heterocycles. The number of hydrogen-bond donors (Lipinski definition) is 1. The third-order valence-corrected chi connectivity index (χ3v) is 4.11. The van der Waals surface area contributed by atoms with Gasteiger partial charge >= 0.3 is 0 Å². The van der Waals surface area contributed by atoms with Crippen LogP contribution in [0.4, 0.5) is 0 Å². The third-order valence-electron chi connectivity index (χ3n) is 4.11. The fraction of sp³-hybridized carbons (Fsp3) is 0.333. The van der Waals surface area contributed by atoms with Crippen molar-refractivity contribution in [1.29, 1.82) is 0 Å². The largest absolute Gasteiger partial charge is 0.493 e. The van der Waals surface area contributed by atoms with Crippen LogP contribution in [-0.2, 0) is 6.42 Å². The van der Waals surface area contributed by atoms with Gasteiger partial charge in [0.15, 0.2) is 11.5 Å². The number of aryl methyl sites for hydroxylation is 1. The summed E-state index contributed by atoms with van der Waals surface area (Å²) in [5.41, 5.74) is 5.18. The molecule has 0 radical (unpaired) electrons. The van der Waals surface area contributed by atoms with Crippen LogP contribution in [0.1, 0.15) is 28.3 Å². The van der Waals surface area contributed by atoms with Crippen LogP contribution < -0.4 is 14.8 Å². The maximum Gasteiger partial charge on any atom is 0.161 e. The number of hydrogen-bond acceptors (Lipinski definition) is 3. The van der Waals surface area contributed by atoms with Crippen molar-refractivity contribution in [1.82, 2.24) is 5.32 Å².